The Balaban J connectivity index is 1.65. The molecule has 0 aliphatic carbocycles. The molecule has 1 saturated heterocycles. The zero-order valence-electron chi connectivity index (χ0n) is 15.6. The normalized spacial score (nSPS) is 23.1. The van der Waals surface area contributed by atoms with Crippen LogP contribution >= 0.6 is 11.6 Å². The Kier molecular flexibility index (Phi) is 4.81. The van der Waals surface area contributed by atoms with Crippen molar-refractivity contribution in [2.45, 2.75) is 18.1 Å². The first-order valence-corrected chi connectivity index (χ1v) is 9.61. The van der Waals surface area contributed by atoms with E-state index < -0.39 is 5.60 Å². The van der Waals surface area contributed by atoms with E-state index in [4.69, 9.17) is 16.6 Å². The number of benzene rings is 2. The zero-order chi connectivity index (χ0) is 19.0. The van der Waals surface area contributed by atoms with Gasteiger partial charge in [0.2, 0.25) is 0 Å². The lowest BCUT2D eigenvalue weighted by Gasteiger charge is -2.48. The second-order valence-electron chi connectivity index (χ2n) is 7.47. The third-order valence-corrected chi connectivity index (χ3v) is 5.80. The highest BCUT2D eigenvalue weighted by Crippen LogP contribution is 2.36. The Morgan fingerprint density at radius 1 is 1.11 bits per heavy atom. The van der Waals surface area contributed by atoms with Crippen LogP contribution in [0, 0.1) is 0 Å². The summed E-state index contributed by atoms with van der Waals surface area (Å²) < 4.78 is 0. The molecule has 27 heavy (non-hydrogen) atoms. The van der Waals surface area contributed by atoms with Crippen molar-refractivity contribution >= 4 is 28.3 Å². The number of rotatable bonds is 3. The Bertz CT molecular complexity index is 947. The minimum Gasteiger partial charge on any atom is -0.383 e. The van der Waals surface area contributed by atoms with Crippen molar-refractivity contribution in [1.29, 1.82) is 0 Å². The number of aromatic nitrogens is 1. The number of fused-ring (bicyclic) bond motifs is 1. The topological polar surface area (TPSA) is 39.6 Å². The fourth-order valence-corrected chi connectivity index (χ4v) is 4.23. The van der Waals surface area contributed by atoms with Gasteiger partial charge in [-0.05, 0) is 56.4 Å². The van der Waals surface area contributed by atoms with E-state index >= 15 is 0 Å². The number of piperidine rings is 1. The Morgan fingerprint density at radius 2 is 1.89 bits per heavy atom. The molecule has 1 aromatic heterocycles. The van der Waals surface area contributed by atoms with Crippen LogP contribution in [0.2, 0.25) is 5.02 Å². The van der Waals surface area contributed by atoms with Gasteiger partial charge in [-0.15, -0.1) is 0 Å². The van der Waals surface area contributed by atoms with Crippen molar-refractivity contribution < 1.29 is 5.11 Å². The van der Waals surface area contributed by atoms with Gasteiger partial charge in [0, 0.05) is 23.5 Å². The average molecular weight is 382 g/mol. The predicted octanol–water partition coefficient (Wildman–Crippen LogP) is 3.92. The quantitative estimate of drug-likeness (QED) is 0.746. The summed E-state index contributed by atoms with van der Waals surface area (Å²) in [5.41, 5.74) is 1.04. The maximum absolute atomic E-state index is 11.5. The van der Waals surface area contributed by atoms with E-state index in [9.17, 15) is 5.11 Å². The third-order valence-electron chi connectivity index (χ3n) is 5.57. The lowest BCUT2D eigenvalue weighted by molar-refractivity contribution is -0.0527. The van der Waals surface area contributed by atoms with E-state index in [1.54, 1.807) is 0 Å². The molecular weight excluding hydrogens is 358 g/mol. The minimum absolute atomic E-state index is 0.0311. The molecule has 2 atom stereocenters. The molecule has 2 heterocycles. The van der Waals surface area contributed by atoms with Gasteiger partial charge in [-0.3, -0.25) is 0 Å². The third kappa shape index (κ3) is 3.41. The summed E-state index contributed by atoms with van der Waals surface area (Å²) in [6.07, 6.45) is 0.653. The molecule has 0 radical (unpaired) electrons. The molecule has 3 aromatic rings. The molecule has 0 bridgehead atoms. The number of hydrogen-bond donors (Lipinski definition) is 1. The summed E-state index contributed by atoms with van der Waals surface area (Å²) in [5, 5.41) is 13.3. The van der Waals surface area contributed by atoms with Gasteiger partial charge in [-0.1, -0.05) is 41.9 Å². The highest BCUT2D eigenvalue weighted by molar-refractivity contribution is 6.31. The predicted molar refractivity (Wildman–Crippen MR) is 111 cm³/mol. The molecule has 1 fully saturated rings. The molecule has 5 heteroatoms. The first kappa shape index (κ1) is 18.2. The number of anilines is 1. The summed E-state index contributed by atoms with van der Waals surface area (Å²) in [5.74, 6) is 0.937. The smallest absolute Gasteiger partial charge is 0.129 e. The zero-order valence-corrected chi connectivity index (χ0v) is 16.4. The largest absolute Gasteiger partial charge is 0.383 e. The van der Waals surface area contributed by atoms with Crippen LogP contribution < -0.4 is 4.90 Å². The summed E-state index contributed by atoms with van der Waals surface area (Å²) >= 11 is 6.08. The second kappa shape index (κ2) is 7.12. The Morgan fingerprint density at radius 3 is 2.63 bits per heavy atom. The molecule has 2 aromatic carbocycles. The summed E-state index contributed by atoms with van der Waals surface area (Å²) in [4.78, 5) is 9.19. The van der Waals surface area contributed by atoms with Crippen LogP contribution in [0.25, 0.3) is 10.9 Å². The van der Waals surface area contributed by atoms with E-state index in [0.717, 1.165) is 33.9 Å². The van der Waals surface area contributed by atoms with Gasteiger partial charge in [-0.25, -0.2) is 4.98 Å². The Labute approximate surface area is 165 Å². The van der Waals surface area contributed by atoms with Gasteiger partial charge in [0.25, 0.3) is 0 Å². The first-order valence-electron chi connectivity index (χ1n) is 9.23. The monoisotopic (exact) mass is 381 g/mol. The molecule has 1 N–H and O–H groups in total. The molecule has 0 saturated carbocycles. The van der Waals surface area contributed by atoms with Crippen LogP contribution in [0.3, 0.4) is 0 Å². The summed E-state index contributed by atoms with van der Waals surface area (Å²) in [6.45, 7) is 1.46. The van der Waals surface area contributed by atoms with E-state index in [1.165, 1.54) is 0 Å². The van der Waals surface area contributed by atoms with Crippen LogP contribution in [0.1, 0.15) is 12.0 Å². The first-order chi connectivity index (χ1) is 13.0. The van der Waals surface area contributed by atoms with Gasteiger partial charge in [0.15, 0.2) is 0 Å². The van der Waals surface area contributed by atoms with Crippen molar-refractivity contribution in [3.8, 4) is 0 Å². The number of halogens is 1. The lowest BCUT2D eigenvalue weighted by atomic mass is 9.80. The molecular formula is C22H24ClN3O. The number of pyridine rings is 1. The molecule has 0 amide bonds. The summed E-state index contributed by atoms with van der Waals surface area (Å²) in [7, 11) is 4.05. The van der Waals surface area contributed by atoms with Gasteiger partial charge in [-0.2, -0.15) is 0 Å². The molecule has 0 spiro atoms. The lowest BCUT2D eigenvalue weighted by Crippen LogP contribution is -2.59. The van der Waals surface area contributed by atoms with Crippen LogP contribution in [0.4, 0.5) is 5.82 Å². The number of hydrogen-bond acceptors (Lipinski definition) is 4. The van der Waals surface area contributed by atoms with E-state index in [0.29, 0.717) is 13.0 Å². The fourth-order valence-electron chi connectivity index (χ4n) is 4.05. The molecule has 0 unspecified atom stereocenters. The van der Waals surface area contributed by atoms with Crippen LogP contribution in [0.5, 0.6) is 0 Å². The highest BCUT2D eigenvalue weighted by Gasteiger charge is 2.44. The summed E-state index contributed by atoms with van der Waals surface area (Å²) in [6, 6.07) is 19.8. The van der Waals surface area contributed by atoms with Crippen molar-refractivity contribution in [3.05, 3.63) is 71.2 Å². The molecule has 1 aliphatic rings. The molecule has 140 valence electrons. The second-order valence-corrected chi connectivity index (χ2v) is 7.91. The van der Waals surface area contributed by atoms with Gasteiger partial charge < -0.3 is 14.9 Å². The maximum Gasteiger partial charge on any atom is 0.129 e. The van der Waals surface area contributed by atoms with Gasteiger partial charge in [0.05, 0.1) is 11.6 Å². The number of aliphatic hydroxyl groups is 1. The minimum atomic E-state index is -0.869. The molecule has 1 aliphatic heterocycles. The average Bonchev–Trinajstić information content (AvgIpc) is 2.68. The van der Waals surface area contributed by atoms with Crippen LogP contribution in [0.15, 0.2) is 60.7 Å². The van der Waals surface area contributed by atoms with E-state index in [-0.39, 0.29) is 6.04 Å². The van der Waals surface area contributed by atoms with Crippen molar-refractivity contribution in [2.24, 2.45) is 0 Å². The van der Waals surface area contributed by atoms with Crippen molar-refractivity contribution in [3.63, 3.8) is 0 Å². The highest BCUT2D eigenvalue weighted by atomic mass is 35.5. The van der Waals surface area contributed by atoms with Crippen molar-refractivity contribution in [1.82, 2.24) is 9.88 Å². The van der Waals surface area contributed by atoms with Crippen LogP contribution in [-0.2, 0) is 5.60 Å². The van der Waals surface area contributed by atoms with Gasteiger partial charge in [0.1, 0.15) is 11.4 Å². The Hall–Kier alpha value is -2.14. The molecule has 4 rings (SSSR count). The van der Waals surface area contributed by atoms with Crippen molar-refractivity contribution in [2.75, 3.05) is 32.1 Å². The maximum atomic E-state index is 11.5. The van der Waals surface area contributed by atoms with Gasteiger partial charge >= 0.3 is 0 Å². The SMILES string of the molecule is CN(C)[C@@H]1CN(c2ccc3cc(Cl)ccc3n2)CC[C@]1(O)c1ccccc1. The number of likely N-dealkylation sites (N-methyl/N-ethyl adjacent to an activating group) is 1. The van der Waals surface area contributed by atoms with E-state index in [1.807, 2.05) is 68.7 Å². The fraction of sp³-hybridized carbons (Fsp3) is 0.318. The van der Waals surface area contributed by atoms with E-state index in [2.05, 4.69) is 15.9 Å². The standard InChI is InChI=1S/C22H24ClN3O/c1-25(2)20-15-26(13-12-22(20,27)17-6-4-3-5-7-17)21-11-8-16-14-18(23)9-10-19(16)24-21/h3-11,14,20,27H,12-13,15H2,1-2H3/t20-,22+/m1/s1. The molecule has 4 nitrogen and oxygen atoms in total. The number of nitrogens with zero attached hydrogens (tertiary/aromatic N) is 3. The van der Waals surface area contributed by atoms with Crippen LogP contribution in [-0.4, -0.2) is 48.2 Å².